The van der Waals surface area contributed by atoms with Gasteiger partial charge in [-0.25, -0.2) is 0 Å². The molecule has 1 N–H and O–H groups in total. The van der Waals surface area contributed by atoms with Crippen LogP contribution in [-0.4, -0.2) is 68.2 Å². The molecule has 2 aliphatic heterocycles. The first-order chi connectivity index (χ1) is 11.2. The van der Waals surface area contributed by atoms with Crippen LogP contribution in [-0.2, 0) is 9.53 Å². The molecule has 23 heavy (non-hydrogen) atoms. The molecule has 0 unspecified atom stereocenters. The fraction of sp³-hybridized carbons (Fsp3) is 0.611. The monoisotopic (exact) mass is 317 g/mol. The molecule has 0 aliphatic carbocycles. The van der Waals surface area contributed by atoms with E-state index < -0.39 is 0 Å². The largest absolute Gasteiger partial charge is 0.374 e. The fourth-order valence-corrected chi connectivity index (χ4v) is 3.35. The summed E-state index contributed by atoms with van der Waals surface area (Å²) in [5.74, 6) is 0.192. The smallest absolute Gasteiger partial charge is 0.244 e. The van der Waals surface area contributed by atoms with E-state index in [0.29, 0.717) is 6.54 Å². The van der Waals surface area contributed by atoms with E-state index in [9.17, 15) is 4.79 Å². The van der Waals surface area contributed by atoms with E-state index in [1.54, 1.807) is 0 Å². The molecule has 126 valence electrons. The summed E-state index contributed by atoms with van der Waals surface area (Å²) in [5, 5.41) is 3.46. The van der Waals surface area contributed by atoms with E-state index >= 15 is 0 Å². The molecule has 2 heterocycles. The zero-order chi connectivity index (χ0) is 16.1. The molecular formula is C18H27N3O2. The first-order valence-electron chi connectivity index (χ1n) is 8.61. The Hall–Kier alpha value is -1.43. The number of likely N-dealkylation sites (N-methyl/N-ethyl adjacent to an activating group) is 1. The SMILES string of the molecule is CN1CCO[C@@H](CN[C@@H](C(=O)N2CCCC2)c2ccccc2)C1. The number of benzene rings is 1. The van der Waals surface area contributed by atoms with Crippen molar-refractivity contribution in [3.63, 3.8) is 0 Å². The quantitative estimate of drug-likeness (QED) is 0.888. The lowest BCUT2D eigenvalue weighted by atomic mass is 10.1. The molecule has 2 saturated heterocycles. The van der Waals surface area contributed by atoms with E-state index in [1.807, 2.05) is 35.2 Å². The second kappa shape index (κ2) is 7.90. The molecule has 1 aromatic carbocycles. The number of rotatable bonds is 5. The molecule has 0 spiro atoms. The molecule has 1 amide bonds. The zero-order valence-electron chi connectivity index (χ0n) is 13.9. The Morgan fingerprint density at radius 2 is 2.00 bits per heavy atom. The molecule has 0 aromatic heterocycles. The molecule has 0 bridgehead atoms. The van der Waals surface area contributed by atoms with Crippen molar-refractivity contribution in [2.75, 3.05) is 46.4 Å². The molecular weight excluding hydrogens is 290 g/mol. The fourth-order valence-electron chi connectivity index (χ4n) is 3.35. The molecule has 5 nitrogen and oxygen atoms in total. The predicted molar refractivity (Wildman–Crippen MR) is 90.2 cm³/mol. The van der Waals surface area contributed by atoms with Crippen LogP contribution in [0.3, 0.4) is 0 Å². The van der Waals surface area contributed by atoms with Crippen molar-refractivity contribution in [3.8, 4) is 0 Å². The number of ether oxygens (including phenoxy) is 1. The maximum Gasteiger partial charge on any atom is 0.244 e. The van der Waals surface area contributed by atoms with Gasteiger partial charge in [-0.3, -0.25) is 10.1 Å². The third-order valence-electron chi connectivity index (χ3n) is 4.69. The summed E-state index contributed by atoms with van der Waals surface area (Å²) in [7, 11) is 2.11. The minimum absolute atomic E-state index is 0.145. The summed E-state index contributed by atoms with van der Waals surface area (Å²) in [6, 6.07) is 9.75. The number of nitrogens with one attached hydrogen (secondary N) is 1. The second-order valence-corrected chi connectivity index (χ2v) is 6.54. The average Bonchev–Trinajstić information content (AvgIpc) is 3.10. The number of morpholine rings is 1. The number of nitrogens with zero attached hydrogens (tertiary/aromatic N) is 2. The van der Waals surface area contributed by atoms with Crippen molar-refractivity contribution in [1.29, 1.82) is 0 Å². The highest BCUT2D eigenvalue weighted by molar-refractivity contribution is 5.83. The summed E-state index contributed by atoms with van der Waals surface area (Å²) < 4.78 is 5.81. The molecule has 2 aliphatic rings. The van der Waals surface area contributed by atoms with Gasteiger partial charge in [-0.05, 0) is 25.5 Å². The highest BCUT2D eigenvalue weighted by Gasteiger charge is 2.28. The number of hydrogen-bond donors (Lipinski definition) is 1. The van der Waals surface area contributed by atoms with Gasteiger partial charge in [-0.2, -0.15) is 0 Å². The lowest BCUT2D eigenvalue weighted by Gasteiger charge is -2.32. The summed E-state index contributed by atoms with van der Waals surface area (Å²) >= 11 is 0. The van der Waals surface area contributed by atoms with Gasteiger partial charge in [0.15, 0.2) is 0 Å². The van der Waals surface area contributed by atoms with Crippen LogP contribution in [0.4, 0.5) is 0 Å². The number of amides is 1. The molecule has 3 rings (SSSR count). The zero-order valence-corrected chi connectivity index (χ0v) is 13.9. The average molecular weight is 317 g/mol. The normalized spacial score (nSPS) is 23.9. The van der Waals surface area contributed by atoms with Crippen LogP contribution < -0.4 is 5.32 Å². The lowest BCUT2D eigenvalue weighted by Crippen LogP contribution is -2.47. The van der Waals surface area contributed by atoms with Gasteiger partial charge in [0.2, 0.25) is 5.91 Å². The van der Waals surface area contributed by atoms with Crippen molar-refractivity contribution < 1.29 is 9.53 Å². The summed E-state index contributed by atoms with van der Waals surface area (Å²) in [6.07, 6.45) is 2.37. The first-order valence-corrected chi connectivity index (χ1v) is 8.61. The van der Waals surface area contributed by atoms with Gasteiger partial charge in [0.05, 0.1) is 12.7 Å². The topological polar surface area (TPSA) is 44.8 Å². The Balaban J connectivity index is 1.66. The Labute approximate surface area is 138 Å². The van der Waals surface area contributed by atoms with Crippen molar-refractivity contribution in [3.05, 3.63) is 35.9 Å². The predicted octanol–water partition coefficient (Wildman–Crippen LogP) is 1.27. The third kappa shape index (κ3) is 4.31. The van der Waals surface area contributed by atoms with Crippen LogP contribution in [0.2, 0.25) is 0 Å². The van der Waals surface area contributed by atoms with Gasteiger partial charge in [-0.1, -0.05) is 30.3 Å². The van der Waals surface area contributed by atoms with Crippen LogP contribution in [0.15, 0.2) is 30.3 Å². The third-order valence-corrected chi connectivity index (χ3v) is 4.69. The van der Waals surface area contributed by atoms with Crippen LogP contribution in [0, 0.1) is 0 Å². The van der Waals surface area contributed by atoms with Crippen LogP contribution in [0.25, 0.3) is 0 Å². The van der Waals surface area contributed by atoms with E-state index in [-0.39, 0.29) is 18.1 Å². The standard InChI is InChI=1S/C18H27N3O2/c1-20-11-12-23-16(14-20)13-19-17(15-7-3-2-4-8-15)18(22)21-9-5-6-10-21/h2-4,7-8,16-17,19H,5-6,9-14H2,1H3/t16-,17+/m0/s1. The highest BCUT2D eigenvalue weighted by Crippen LogP contribution is 2.19. The molecule has 0 saturated carbocycles. The van der Waals surface area contributed by atoms with Crippen molar-refractivity contribution in [1.82, 2.24) is 15.1 Å². The van der Waals surface area contributed by atoms with Crippen molar-refractivity contribution in [2.45, 2.75) is 25.0 Å². The van der Waals surface area contributed by atoms with Crippen molar-refractivity contribution in [2.24, 2.45) is 0 Å². The number of carbonyl (C=O) groups is 1. The Morgan fingerprint density at radius 1 is 1.26 bits per heavy atom. The molecule has 1 aromatic rings. The lowest BCUT2D eigenvalue weighted by molar-refractivity contribution is -0.132. The van der Waals surface area contributed by atoms with Gasteiger partial charge in [-0.15, -0.1) is 0 Å². The highest BCUT2D eigenvalue weighted by atomic mass is 16.5. The van der Waals surface area contributed by atoms with Gasteiger partial charge >= 0.3 is 0 Å². The van der Waals surface area contributed by atoms with E-state index in [2.05, 4.69) is 17.3 Å². The van der Waals surface area contributed by atoms with Gasteiger partial charge in [0.1, 0.15) is 6.04 Å². The number of likely N-dealkylation sites (tertiary alicyclic amines) is 1. The second-order valence-electron chi connectivity index (χ2n) is 6.54. The van der Waals surface area contributed by atoms with Crippen LogP contribution in [0.1, 0.15) is 24.4 Å². The molecule has 2 atom stereocenters. The maximum atomic E-state index is 12.9. The Bertz CT molecular complexity index is 502. The molecule has 0 radical (unpaired) electrons. The summed E-state index contributed by atoms with van der Waals surface area (Å²) in [5.41, 5.74) is 1.04. The van der Waals surface area contributed by atoms with E-state index in [0.717, 1.165) is 51.2 Å². The molecule has 2 fully saturated rings. The van der Waals surface area contributed by atoms with Crippen LogP contribution >= 0.6 is 0 Å². The van der Waals surface area contributed by atoms with Gasteiger partial charge in [0.25, 0.3) is 0 Å². The minimum atomic E-state index is -0.273. The number of carbonyl (C=O) groups excluding carboxylic acids is 1. The number of hydrogen-bond acceptors (Lipinski definition) is 4. The van der Waals surface area contributed by atoms with Crippen molar-refractivity contribution >= 4 is 5.91 Å². The van der Waals surface area contributed by atoms with E-state index in [1.165, 1.54) is 0 Å². The Morgan fingerprint density at radius 3 is 2.70 bits per heavy atom. The van der Waals surface area contributed by atoms with Gasteiger partial charge in [0, 0.05) is 32.7 Å². The Kier molecular flexibility index (Phi) is 5.65. The minimum Gasteiger partial charge on any atom is -0.374 e. The summed E-state index contributed by atoms with van der Waals surface area (Å²) in [6.45, 7) is 5.11. The molecule has 5 heteroatoms. The van der Waals surface area contributed by atoms with Gasteiger partial charge < -0.3 is 14.5 Å². The maximum absolute atomic E-state index is 12.9. The first kappa shape index (κ1) is 16.4. The van der Waals surface area contributed by atoms with Crippen LogP contribution in [0.5, 0.6) is 0 Å². The summed E-state index contributed by atoms with van der Waals surface area (Å²) in [4.78, 5) is 17.2. The van der Waals surface area contributed by atoms with E-state index in [4.69, 9.17) is 4.74 Å².